The maximum absolute atomic E-state index is 13.0. The molecule has 7 heteroatoms. The van der Waals surface area contributed by atoms with Crippen LogP contribution in [-0.2, 0) is 14.3 Å². The van der Waals surface area contributed by atoms with Gasteiger partial charge in [-0.25, -0.2) is 4.79 Å². The van der Waals surface area contributed by atoms with E-state index in [2.05, 4.69) is 16.7 Å². The smallest absolute Gasteiger partial charge is 0.408 e. The Hall–Kier alpha value is -3.01. The number of hydrogen-bond donors (Lipinski definition) is 2. The third-order valence-electron chi connectivity index (χ3n) is 3.93. The van der Waals surface area contributed by atoms with Gasteiger partial charge in [-0.1, -0.05) is 50.1 Å². The summed E-state index contributed by atoms with van der Waals surface area (Å²) in [5, 5.41) is 5.29. The van der Waals surface area contributed by atoms with Crippen molar-refractivity contribution >= 4 is 17.9 Å². The van der Waals surface area contributed by atoms with Crippen LogP contribution in [-0.4, -0.2) is 41.0 Å². The Kier molecular flexibility index (Phi) is 9.20. The molecule has 0 saturated carbocycles. The van der Waals surface area contributed by atoms with Gasteiger partial charge in [0.2, 0.25) is 5.91 Å². The van der Waals surface area contributed by atoms with Gasteiger partial charge in [0.15, 0.2) is 0 Å². The highest BCUT2D eigenvalue weighted by Crippen LogP contribution is 2.21. The number of carbonyl (C=O) groups is 3. The van der Waals surface area contributed by atoms with E-state index in [0.717, 1.165) is 17.7 Å². The Morgan fingerprint density at radius 1 is 1.21 bits per heavy atom. The van der Waals surface area contributed by atoms with Gasteiger partial charge in [0.1, 0.15) is 17.7 Å². The summed E-state index contributed by atoms with van der Waals surface area (Å²) in [6, 6.07) is 9.13. The van der Waals surface area contributed by atoms with E-state index in [4.69, 9.17) is 11.2 Å². The van der Waals surface area contributed by atoms with Crippen molar-refractivity contribution in [3.8, 4) is 12.5 Å². The molecule has 0 radical (unpaired) electrons. The Balaban J connectivity index is 3.04. The van der Waals surface area contributed by atoms with Crippen LogP contribution >= 0.6 is 0 Å². The zero-order valence-corrected chi connectivity index (χ0v) is 17.8. The molecule has 0 saturated heterocycles. The molecule has 3 amide bonds. The number of terminal acetylenes is 1. The van der Waals surface area contributed by atoms with Crippen LogP contribution in [0.3, 0.4) is 0 Å². The third kappa shape index (κ3) is 7.86. The first-order valence-electron chi connectivity index (χ1n) is 9.72. The summed E-state index contributed by atoms with van der Waals surface area (Å²) < 4.78 is 5.18. The summed E-state index contributed by atoms with van der Waals surface area (Å²) in [5.74, 6) is -0.960. The van der Waals surface area contributed by atoms with Gasteiger partial charge in [-0.3, -0.25) is 14.5 Å². The molecule has 0 spiro atoms. The fraction of sp³-hybridized carbons (Fsp3) is 0.500. The van der Waals surface area contributed by atoms with E-state index in [1.807, 2.05) is 13.0 Å². The maximum atomic E-state index is 13.0. The van der Waals surface area contributed by atoms with Crippen LogP contribution in [0.4, 0.5) is 4.79 Å². The molecule has 1 aromatic rings. The number of benzene rings is 1. The van der Waals surface area contributed by atoms with Crippen molar-refractivity contribution in [1.29, 1.82) is 0 Å². The molecule has 1 aromatic carbocycles. The summed E-state index contributed by atoms with van der Waals surface area (Å²) in [7, 11) is 0. The van der Waals surface area contributed by atoms with Crippen molar-refractivity contribution in [3.05, 3.63) is 35.9 Å². The average Bonchev–Trinajstić information content (AvgIpc) is 2.64. The lowest BCUT2D eigenvalue weighted by molar-refractivity contribution is -0.138. The van der Waals surface area contributed by atoms with Gasteiger partial charge in [0.05, 0.1) is 0 Å². The predicted molar refractivity (Wildman–Crippen MR) is 112 cm³/mol. The lowest BCUT2D eigenvalue weighted by Gasteiger charge is -2.29. The normalized spacial score (nSPS) is 12.8. The van der Waals surface area contributed by atoms with Crippen molar-refractivity contribution in [2.45, 2.75) is 65.1 Å². The first-order chi connectivity index (χ1) is 13.6. The second-order valence-electron chi connectivity index (χ2n) is 7.66. The quantitative estimate of drug-likeness (QED) is 0.398. The van der Waals surface area contributed by atoms with Crippen molar-refractivity contribution in [2.24, 2.45) is 0 Å². The molecule has 0 aliphatic rings. The molecular formula is C22H31N3O4. The minimum absolute atomic E-state index is 0.375. The predicted octanol–water partition coefficient (Wildman–Crippen LogP) is 2.98. The minimum atomic E-state index is -1.01. The molecular weight excluding hydrogens is 370 g/mol. The number of carbonyl (C=O) groups excluding carboxylic acids is 3. The van der Waals surface area contributed by atoms with E-state index in [9.17, 15) is 14.4 Å². The number of rotatable bonds is 8. The molecule has 2 unspecified atom stereocenters. The van der Waals surface area contributed by atoms with E-state index < -0.39 is 29.7 Å². The topological polar surface area (TPSA) is 87.7 Å². The van der Waals surface area contributed by atoms with Crippen LogP contribution in [0.5, 0.6) is 0 Å². The summed E-state index contributed by atoms with van der Waals surface area (Å²) in [4.78, 5) is 38.8. The number of nitrogens with zero attached hydrogens (tertiary/aromatic N) is 1. The molecule has 0 heterocycles. The summed E-state index contributed by atoms with van der Waals surface area (Å²) >= 11 is 0. The van der Waals surface area contributed by atoms with Crippen LogP contribution in [0.15, 0.2) is 30.3 Å². The van der Waals surface area contributed by atoms with Crippen molar-refractivity contribution in [1.82, 2.24) is 15.5 Å². The number of nitrogens with one attached hydrogen (secondary N) is 2. The molecule has 2 atom stereocenters. The monoisotopic (exact) mass is 401 g/mol. The van der Waals surface area contributed by atoms with Gasteiger partial charge in [-0.15, -0.1) is 0 Å². The first-order valence-corrected chi connectivity index (χ1v) is 9.72. The lowest BCUT2D eigenvalue weighted by Crippen LogP contribution is -2.50. The van der Waals surface area contributed by atoms with Crippen LogP contribution < -0.4 is 10.6 Å². The van der Waals surface area contributed by atoms with Gasteiger partial charge >= 0.3 is 6.09 Å². The highest BCUT2D eigenvalue weighted by atomic mass is 16.6. The minimum Gasteiger partial charge on any atom is -0.444 e. The first kappa shape index (κ1) is 24.0. The SMILES string of the molecule is C#CN(C(=O)C(C)NC(=O)OC(C)(C)C)C(C(=O)NCCCC)c1ccccc1. The Morgan fingerprint density at radius 3 is 2.34 bits per heavy atom. The Bertz CT molecular complexity index is 735. The van der Waals surface area contributed by atoms with E-state index in [0.29, 0.717) is 12.1 Å². The average molecular weight is 402 g/mol. The van der Waals surface area contributed by atoms with E-state index >= 15 is 0 Å². The van der Waals surface area contributed by atoms with Crippen LogP contribution in [0, 0.1) is 12.5 Å². The maximum Gasteiger partial charge on any atom is 0.408 e. The molecule has 0 aliphatic heterocycles. The Morgan fingerprint density at radius 2 is 1.83 bits per heavy atom. The van der Waals surface area contributed by atoms with Crippen LogP contribution in [0.25, 0.3) is 0 Å². The molecule has 0 bridgehead atoms. The number of ether oxygens (including phenoxy) is 1. The van der Waals surface area contributed by atoms with Crippen molar-refractivity contribution in [2.75, 3.05) is 6.54 Å². The molecule has 158 valence electrons. The van der Waals surface area contributed by atoms with Crippen molar-refractivity contribution < 1.29 is 19.1 Å². The molecule has 2 N–H and O–H groups in total. The molecule has 29 heavy (non-hydrogen) atoms. The summed E-state index contributed by atoms with van der Waals surface area (Å²) in [5.41, 5.74) is -0.123. The number of hydrogen-bond acceptors (Lipinski definition) is 4. The number of alkyl carbamates (subject to hydrolysis) is 1. The molecule has 0 aliphatic carbocycles. The highest BCUT2D eigenvalue weighted by Gasteiger charge is 2.33. The second-order valence-corrected chi connectivity index (χ2v) is 7.66. The molecule has 1 rings (SSSR count). The molecule has 0 fully saturated rings. The number of amides is 3. The lowest BCUT2D eigenvalue weighted by atomic mass is 10.0. The van der Waals surface area contributed by atoms with Gasteiger partial charge in [-0.2, -0.15) is 0 Å². The zero-order chi connectivity index (χ0) is 22.0. The number of unbranched alkanes of at least 4 members (excludes halogenated alkanes) is 1. The third-order valence-corrected chi connectivity index (χ3v) is 3.93. The largest absolute Gasteiger partial charge is 0.444 e. The van der Waals surface area contributed by atoms with E-state index in [1.165, 1.54) is 6.92 Å². The van der Waals surface area contributed by atoms with Crippen LogP contribution in [0.1, 0.15) is 59.1 Å². The fourth-order valence-corrected chi connectivity index (χ4v) is 2.56. The highest BCUT2D eigenvalue weighted by molar-refractivity contribution is 5.93. The van der Waals surface area contributed by atoms with E-state index in [-0.39, 0.29) is 5.91 Å². The summed E-state index contributed by atoms with van der Waals surface area (Å²) in [6.45, 7) is 9.16. The standard InChI is InChI=1S/C22H31N3O4/c1-7-9-15-23-19(26)18(17-13-11-10-12-14-17)25(8-2)20(27)16(3)24-21(28)29-22(4,5)6/h2,10-14,16,18H,7,9,15H2,1,3-6H3,(H,23,26)(H,24,28). The van der Waals surface area contributed by atoms with Gasteiger partial charge in [0, 0.05) is 12.6 Å². The second kappa shape index (κ2) is 11.1. The van der Waals surface area contributed by atoms with Gasteiger partial charge in [-0.05, 0) is 39.7 Å². The fourth-order valence-electron chi connectivity index (χ4n) is 2.56. The van der Waals surface area contributed by atoms with Crippen molar-refractivity contribution in [3.63, 3.8) is 0 Å². The zero-order valence-electron chi connectivity index (χ0n) is 17.8. The van der Waals surface area contributed by atoms with Gasteiger partial charge in [0.25, 0.3) is 5.91 Å². The molecule has 0 aromatic heterocycles. The van der Waals surface area contributed by atoms with Crippen LogP contribution in [0.2, 0.25) is 0 Å². The Labute approximate surface area is 173 Å². The van der Waals surface area contributed by atoms with E-state index in [1.54, 1.807) is 45.0 Å². The van der Waals surface area contributed by atoms with Gasteiger partial charge < -0.3 is 15.4 Å². The molecule has 7 nitrogen and oxygen atoms in total. The summed E-state index contributed by atoms with van der Waals surface area (Å²) in [6.07, 6.45) is 6.60.